The molecule has 0 spiro atoms. The summed E-state index contributed by atoms with van der Waals surface area (Å²) in [6.07, 6.45) is 4.41. The first kappa shape index (κ1) is 11.9. The van der Waals surface area contributed by atoms with Crippen LogP contribution in [-0.4, -0.2) is 21.0 Å². The minimum Gasteiger partial charge on any atom is -0.308 e. The zero-order chi connectivity index (χ0) is 12.5. The quantitative estimate of drug-likeness (QED) is 0.944. The predicted molar refractivity (Wildman–Crippen MR) is 73.7 cm³/mol. The molecule has 0 aliphatic heterocycles. The number of hydrogen-bond donors (Lipinski definition) is 1. The maximum atomic E-state index is 4.50. The molecule has 18 heavy (non-hydrogen) atoms. The summed E-state index contributed by atoms with van der Waals surface area (Å²) in [4.78, 5) is 1.70. The highest BCUT2D eigenvalue weighted by atomic mass is 79.9. The molecular weight excluding hydrogens is 292 g/mol. The van der Waals surface area contributed by atoms with Gasteiger partial charge in [0.05, 0.1) is 17.6 Å². The van der Waals surface area contributed by atoms with E-state index in [1.165, 1.54) is 12.8 Å². The van der Waals surface area contributed by atoms with Crippen molar-refractivity contribution >= 4 is 15.9 Å². The lowest BCUT2D eigenvalue weighted by Crippen LogP contribution is -2.15. The van der Waals surface area contributed by atoms with Crippen LogP contribution in [0.2, 0.25) is 0 Å². The Balaban J connectivity index is 1.78. The fourth-order valence-electron chi connectivity index (χ4n) is 1.87. The van der Waals surface area contributed by atoms with E-state index in [4.69, 9.17) is 0 Å². The molecular formula is C13H15BrN4. The van der Waals surface area contributed by atoms with Crippen molar-refractivity contribution in [2.75, 3.05) is 0 Å². The van der Waals surface area contributed by atoms with E-state index in [0.29, 0.717) is 6.04 Å². The van der Waals surface area contributed by atoms with E-state index >= 15 is 0 Å². The molecule has 0 radical (unpaired) electrons. The van der Waals surface area contributed by atoms with Gasteiger partial charge >= 0.3 is 0 Å². The van der Waals surface area contributed by atoms with Gasteiger partial charge in [0, 0.05) is 17.1 Å². The molecule has 0 saturated heterocycles. The van der Waals surface area contributed by atoms with Crippen LogP contribution in [0.25, 0.3) is 5.69 Å². The summed E-state index contributed by atoms with van der Waals surface area (Å²) < 4.78 is 1.08. The zero-order valence-electron chi connectivity index (χ0n) is 10.2. The summed E-state index contributed by atoms with van der Waals surface area (Å²) in [6, 6.07) is 6.80. The molecule has 1 aromatic heterocycles. The lowest BCUT2D eigenvalue weighted by atomic mass is 10.2. The highest BCUT2D eigenvalue weighted by molar-refractivity contribution is 9.10. The Morgan fingerprint density at radius 2 is 2.28 bits per heavy atom. The molecule has 0 bridgehead atoms. The second-order valence-electron chi connectivity index (χ2n) is 4.71. The van der Waals surface area contributed by atoms with Gasteiger partial charge in [-0.05, 0) is 43.5 Å². The Morgan fingerprint density at radius 3 is 3.00 bits per heavy atom. The number of hydrogen-bond acceptors (Lipinski definition) is 3. The van der Waals surface area contributed by atoms with Crippen molar-refractivity contribution in [3.63, 3.8) is 0 Å². The highest BCUT2D eigenvalue weighted by Crippen LogP contribution is 2.20. The maximum absolute atomic E-state index is 4.50. The number of halogens is 1. The Labute approximate surface area is 115 Å². The second-order valence-corrected chi connectivity index (χ2v) is 5.63. The van der Waals surface area contributed by atoms with Crippen LogP contribution in [0.4, 0.5) is 0 Å². The summed E-state index contributed by atoms with van der Waals surface area (Å²) in [5.41, 5.74) is 3.17. The van der Waals surface area contributed by atoms with E-state index in [1.807, 2.05) is 18.3 Å². The molecule has 4 nitrogen and oxygen atoms in total. The van der Waals surface area contributed by atoms with E-state index in [1.54, 1.807) is 4.80 Å². The van der Waals surface area contributed by atoms with Crippen molar-refractivity contribution in [3.8, 4) is 5.69 Å². The van der Waals surface area contributed by atoms with Crippen molar-refractivity contribution < 1.29 is 0 Å². The van der Waals surface area contributed by atoms with Gasteiger partial charge in [-0.15, -0.1) is 0 Å². The van der Waals surface area contributed by atoms with Gasteiger partial charge in [-0.3, -0.25) is 0 Å². The average molecular weight is 307 g/mol. The van der Waals surface area contributed by atoms with Gasteiger partial charge in [0.25, 0.3) is 0 Å². The Kier molecular flexibility index (Phi) is 3.18. The summed E-state index contributed by atoms with van der Waals surface area (Å²) in [5.74, 6) is 0. The molecule has 3 rings (SSSR count). The van der Waals surface area contributed by atoms with Crippen molar-refractivity contribution in [1.29, 1.82) is 0 Å². The first-order chi connectivity index (χ1) is 8.72. The predicted octanol–water partition coefficient (Wildman–Crippen LogP) is 2.59. The zero-order valence-corrected chi connectivity index (χ0v) is 11.8. The second kappa shape index (κ2) is 4.82. The minimum absolute atomic E-state index is 0.699. The molecule has 1 heterocycles. The van der Waals surface area contributed by atoms with Gasteiger partial charge in [0.1, 0.15) is 0 Å². The average Bonchev–Trinajstić information content (AvgIpc) is 3.05. The Morgan fingerprint density at radius 1 is 1.44 bits per heavy atom. The molecule has 0 atom stereocenters. The SMILES string of the molecule is Cc1cc(Br)ccc1-n1ncc(CNC2CC2)n1. The number of aryl methyl sites for hydroxylation is 1. The molecule has 1 saturated carbocycles. The fourth-order valence-corrected chi connectivity index (χ4v) is 2.35. The summed E-state index contributed by atoms with van der Waals surface area (Å²) in [6.45, 7) is 2.87. The van der Waals surface area contributed by atoms with E-state index < -0.39 is 0 Å². The maximum Gasteiger partial charge on any atom is 0.0969 e. The van der Waals surface area contributed by atoms with Crippen LogP contribution in [-0.2, 0) is 6.54 Å². The monoisotopic (exact) mass is 306 g/mol. The van der Waals surface area contributed by atoms with Crippen molar-refractivity contribution in [2.45, 2.75) is 32.4 Å². The molecule has 0 amide bonds. The van der Waals surface area contributed by atoms with Crippen LogP contribution in [0.15, 0.2) is 28.9 Å². The third kappa shape index (κ3) is 2.62. The van der Waals surface area contributed by atoms with Gasteiger partial charge in [0.15, 0.2) is 0 Å². The highest BCUT2D eigenvalue weighted by Gasteiger charge is 2.20. The molecule has 5 heteroatoms. The summed E-state index contributed by atoms with van der Waals surface area (Å²) in [7, 11) is 0. The molecule has 1 aromatic carbocycles. The number of aromatic nitrogens is 3. The van der Waals surface area contributed by atoms with Crippen molar-refractivity contribution in [1.82, 2.24) is 20.3 Å². The van der Waals surface area contributed by atoms with E-state index in [2.05, 4.69) is 44.4 Å². The fraction of sp³-hybridized carbons (Fsp3) is 0.385. The summed E-state index contributed by atoms with van der Waals surface area (Å²) >= 11 is 3.46. The molecule has 94 valence electrons. The van der Waals surface area contributed by atoms with Gasteiger partial charge in [-0.2, -0.15) is 15.0 Å². The van der Waals surface area contributed by atoms with Gasteiger partial charge in [0.2, 0.25) is 0 Å². The Bertz CT molecular complexity index is 560. The lowest BCUT2D eigenvalue weighted by Gasteiger charge is -2.04. The number of rotatable bonds is 4. The third-order valence-corrected chi connectivity index (χ3v) is 3.56. The third-order valence-electron chi connectivity index (χ3n) is 3.06. The number of benzene rings is 1. The minimum atomic E-state index is 0.699. The van der Waals surface area contributed by atoms with E-state index in [-0.39, 0.29) is 0 Å². The first-order valence-electron chi connectivity index (χ1n) is 6.13. The first-order valence-corrected chi connectivity index (χ1v) is 6.93. The largest absolute Gasteiger partial charge is 0.308 e. The van der Waals surface area contributed by atoms with Crippen molar-refractivity contribution in [2.24, 2.45) is 0 Å². The van der Waals surface area contributed by atoms with Crippen molar-refractivity contribution in [3.05, 3.63) is 40.1 Å². The normalized spacial score (nSPS) is 15.0. The topological polar surface area (TPSA) is 42.7 Å². The van der Waals surface area contributed by atoms with Crippen LogP contribution in [0.5, 0.6) is 0 Å². The standard InChI is InChI=1S/C13H15BrN4/c1-9-6-10(14)2-5-13(9)18-16-8-12(17-18)7-15-11-3-4-11/h2,5-6,8,11,15H,3-4,7H2,1H3. The van der Waals surface area contributed by atoms with E-state index in [0.717, 1.165) is 28.0 Å². The van der Waals surface area contributed by atoms with Crippen LogP contribution in [0.1, 0.15) is 24.1 Å². The van der Waals surface area contributed by atoms with Crippen LogP contribution in [0.3, 0.4) is 0 Å². The lowest BCUT2D eigenvalue weighted by molar-refractivity contribution is 0.658. The molecule has 0 unspecified atom stereocenters. The van der Waals surface area contributed by atoms with Gasteiger partial charge in [-0.1, -0.05) is 15.9 Å². The van der Waals surface area contributed by atoms with Gasteiger partial charge in [-0.25, -0.2) is 0 Å². The van der Waals surface area contributed by atoms with E-state index in [9.17, 15) is 0 Å². The molecule has 2 aromatic rings. The van der Waals surface area contributed by atoms with Crippen LogP contribution >= 0.6 is 15.9 Å². The number of nitrogens with zero attached hydrogens (tertiary/aromatic N) is 3. The van der Waals surface area contributed by atoms with Gasteiger partial charge < -0.3 is 5.32 Å². The van der Waals surface area contributed by atoms with Crippen LogP contribution < -0.4 is 5.32 Å². The Hall–Kier alpha value is -1.20. The molecule has 1 N–H and O–H groups in total. The molecule has 1 aliphatic carbocycles. The number of nitrogens with one attached hydrogen (secondary N) is 1. The smallest absolute Gasteiger partial charge is 0.0969 e. The molecule has 1 aliphatic rings. The van der Waals surface area contributed by atoms with Crippen LogP contribution in [0, 0.1) is 6.92 Å². The summed E-state index contributed by atoms with van der Waals surface area (Å²) in [5, 5.41) is 12.3. The molecule has 1 fully saturated rings.